The molecule has 0 bridgehead atoms. The Morgan fingerprint density at radius 1 is 1.30 bits per heavy atom. The first-order valence-corrected chi connectivity index (χ1v) is 11.8. The number of thiazole rings is 1. The van der Waals surface area contributed by atoms with Crippen LogP contribution in [0.3, 0.4) is 0 Å². The van der Waals surface area contributed by atoms with Crippen LogP contribution >= 0.6 is 11.3 Å². The summed E-state index contributed by atoms with van der Waals surface area (Å²) in [5.74, 6) is 0.642. The molecule has 4 rings (SSSR count). The Bertz CT molecular complexity index is 1020. The number of benzene rings is 1. The number of fused-ring (bicyclic) bond motifs is 1. The highest BCUT2D eigenvalue weighted by molar-refractivity contribution is 7.92. The summed E-state index contributed by atoms with van der Waals surface area (Å²) in [6.45, 7) is 4.44. The lowest BCUT2D eigenvalue weighted by Gasteiger charge is -2.31. The molecule has 6 nitrogen and oxygen atoms in total. The summed E-state index contributed by atoms with van der Waals surface area (Å²) in [5, 5.41) is 3.74. The highest BCUT2D eigenvalue weighted by Gasteiger charge is 2.23. The molecule has 0 radical (unpaired) electrons. The first-order valence-electron chi connectivity index (χ1n) is 9.27. The summed E-state index contributed by atoms with van der Waals surface area (Å²) in [4.78, 5) is 10.2. The average Bonchev–Trinajstić information content (AvgIpc) is 3.29. The maximum absolute atomic E-state index is 11.7. The van der Waals surface area contributed by atoms with Gasteiger partial charge in [-0.2, -0.15) is 0 Å². The number of hydrogen-bond acceptors (Lipinski definition) is 5. The summed E-state index contributed by atoms with van der Waals surface area (Å²) in [6.07, 6.45) is 4.42. The van der Waals surface area contributed by atoms with Crippen LogP contribution in [0.5, 0.6) is 0 Å². The molecule has 1 aliphatic heterocycles. The number of H-pyrrole nitrogens is 1. The van der Waals surface area contributed by atoms with Crippen molar-refractivity contribution in [3.8, 4) is 0 Å². The number of para-hydroxylation sites is 1. The second kappa shape index (κ2) is 7.61. The van der Waals surface area contributed by atoms with Gasteiger partial charge in [-0.25, -0.2) is 13.4 Å². The Labute approximate surface area is 163 Å². The minimum Gasteiger partial charge on any atom is -0.361 e. The standard InChI is InChI=1S/C19H24N4O2S2/c1-2-27(24,25)22-19-21-15(13-26-19)12-23-9-7-14(8-10-23)17-11-20-18-6-4-3-5-16(17)18/h3-6,11,13-14,20H,2,7-10,12H2,1H3,(H,21,22). The zero-order valence-corrected chi connectivity index (χ0v) is 16.9. The Hall–Kier alpha value is -1.90. The molecule has 2 aromatic heterocycles. The van der Waals surface area contributed by atoms with Crippen molar-refractivity contribution in [3.05, 3.63) is 47.1 Å². The molecule has 1 fully saturated rings. The van der Waals surface area contributed by atoms with Crippen LogP contribution in [0.2, 0.25) is 0 Å². The molecule has 0 saturated carbocycles. The van der Waals surface area contributed by atoms with E-state index in [2.05, 4.69) is 50.1 Å². The quantitative estimate of drug-likeness (QED) is 0.656. The largest absolute Gasteiger partial charge is 0.361 e. The molecular weight excluding hydrogens is 380 g/mol. The van der Waals surface area contributed by atoms with Gasteiger partial charge in [0.1, 0.15) is 0 Å². The van der Waals surface area contributed by atoms with Crippen LogP contribution in [0, 0.1) is 0 Å². The van der Waals surface area contributed by atoms with Crippen molar-refractivity contribution in [2.45, 2.75) is 32.2 Å². The normalized spacial score (nSPS) is 16.8. The molecule has 8 heteroatoms. The molecule has 3 aromatic rings. The highest BCUT2D eigenvalue weighted by Crippen LogP contribution is 2.33. The molecule has 1 saturated heterocycles. The molecule has 27 heavy (non-hydrogen) atoms. The van der Waals surface area contributed by atoms with Crippen LogP contribution in [0.1, 0.15) is 36.9 Å². The molecule has 0 amide bonds. The molecule has 1 aliphatic rings. The van der Waals surface area contributed by atoms with E-state index in [4.69, 9.17) is 0 Å². The first-order chi connectivity index (χ1) is 13.0. The van der Waals surface area contributed by atoms with Crippen LogP contribution in [-0.4, -0.2) is 42.1 Å². The van der Waals surface area contributed by atoms with Gasteiger partial charge in [-0.3, -0.25) is 9.62 Å². The SMILES string of the molecule is CCS(=O)(=O)Nc1nc(CN2CCC(c3c[nH]c4ccccc34)CC2)cs1. The molecule has 0 unspecified atom stereocenters. The molecule has 3 heterocycles. The van der Waals surface area contributed by atoms with E-state index in [1.54, 1.807) is 6.92 Å². The van der Waals surface area contributed by atoms with Gasteiger partial charge < -0.3 is 4.98 Å². The Morgan fingerprint density at radius 2 is 2.07 bits per heavy atom. The highest BCUT2D eigenvalue weighted by atomic mass is 32.2. The van der Waals surface area contributed by atoms with Crippen LogP contribution in [0.25, 0.3) is 10.9 Å². The van der Waals surface area contributed by atoms with Gasteiger partial charge in [-0.15, -0.1) is 11.3 Å². The number of piperidine rings is 1. The van der Waals surface area contributed by atoms with Crippen molar-refractivity contribution in [2.75, 3.05) is 23.6 Å². The Balaban J connectivity index is 1.35. The smallest absolute Gasteiger partial charge is 0.234 e. The summed E-state index contributed by atoms with van der Waals surface area (Å²) in [7, 11) is -3.26. The minimum absolute atomic E-state index is 0.0588. The van der Waals surface area contributed by atoms with E-state index in [0.717, 1.165) is 38.2 Å². The predicted octanol–water partition coefficient (Wildman–Crippen LogP) is 3.77. The number of sulfonamides is 1. The molecule has 0 atom stereocenters. The third-order valence-electron chi connectivity index (χ3n) is 5.21. The zero-order valence-electron chi connectivity index (χ0n) is 15.3. The fraction of sp³-hybridized carbons (Fsp3) is 0.421. The van der Waals surface area contributed by atoms with Crippen molar-refractivity contribution in [2.24, 2.45) is 0 Å². The van der Waals surface area contributed by atoms with Gasteiger partial charge in [0.25, 0.3) is 0 Å². The summed E-state index contributed by atoms with van der Waals surface area (Å²) >= 11 is 1.35. The van der Waals surface area contributed by atoms with E-state index >= 15 is 0 Å². The summed E-state index contributed by atoms with van der Waals surface area (Å²) in [5.41, 5.74) is 3.56. The molecule has 1 aromatic carbocycles. The molecular formula is C19H24N4O2S2. The molecule has 0 spiro atoms. The monoisotopic (exact) mass is 404 g/mol. The fourth-order valence-electron chi connectivity index (χ4n) is 3.69. The van der Waals surface area contributed by atoms with Gasteiger partial charge in [0.2, 0.25) is 10.0 Å². The summed E-state index contributed by atoms with van der Waals surface area (Å²) in [6, 6.07) is 8.48. The number of rotatable bonds is 6. The fourth-order valence-corrected chi connectivity index (χ4v) is 5.27. The first kappa shape index (κ1) is 18.5. The number of anilines is 1. The second-order valence-corrected chi connectivity index (χ2v) is 9.86. The van der Waals surface area contributed by atoms with Crippen molar-refractivity contribution < 1.29 is 8.42 Å². The van der Waals surface area contributed by atoms with Gasteiger partial charge >= 0.3 is 0 Å². The Morgan fingerprint density at radius 3 is 2.85 bits per heavy atom. The third-order valence-corrected chi connectivity index (χ3v) is 7.41. The minimum atomic E-state index is -3.26. The van der Waals surface area contributed by atoms with E-state index in [0.29, 0.717) is 11.0 Å². The van der Waals surface area contributed by atoms with Crippen molar-refractivity contribution in [3.63, 3.8) is 0 Å². The zero-order chi connectivity index (χ0) is 18.9. The molecule has 0 aliphatic carbocycles. The third kappa shape index (κ3) is 4.17. The number of aromatic nitrogens is 2. The lowest BCUT2D eigenvalue weighted by atomic mass is 9.89. The lowest BCUT2D eigenvalue weighted by molar-refractivity contribution is 0.203. The van der Waals surface area contributed by atoms with Crippen LogP contribution < -0.4 is 4.72 Å². The maximum atomic E-state index is 11.7. The van der Waals surface area contributed by atoms with Crippen molar-refractivity contribution in [1.29, 1.82) is 0 Å². The second-order valence-electron chi connectivity index (χ2n) is 6.99. The molecule has 2 N–H and O–H groups in total. The van der Waals surface area contributed by atoms with Gasteiger partial charge in [-0.05, 0) is 50.4 Å². The van der Waals surface area contributed by atoms with Gasteiger partial charge in [-0.1, -0.05) is 18.2 Å². The number of nitrogens with zero attached hydrogens (tertiary/aromatic N) is 2. The Kier molecular flexibility index (Phi) is 5.21. The average molecular weight is 405 g/mol. The number of aromatic amines is 1. The summed E-state index contributed by atoms with van der Waals surface area (Å²) < 4.78 is 25.8. The van der Waals surface area contributed by atoms with E-state index in [9.17, 15) is 8.42 Å². The van der Waals surface area contributed by atoms with Gasteiger partial charge in [0, 0.05) is 29.0 Å². The van der Waals surface area contributed by atoms with Crippen molar-refractivity contribution in [1.82, 2.24) is 14.9 Å². The van der Waals surface area contributed by atoms with Crippen LogP contribution in [-0.2, 0) is 16.6 Å². The van der Waals surface area contributed by atoms with E-state index < -0.39 is 10.0 Å². The topological polar surface area (TPSA) is 78.1 Å². The van der Waals surface area contributed by atoms with Crippen LogP contribution in [0.4, 0.5) is 5.13 Å². The number of nitrogens with one attached hydrogen (secondary N) is 2. The van der Waals surface area contributed by atoms with Crippen molar-refractivity contribution >= 4 is 37.4 Å². The molecule has 144 valence electrons. The lowest BCUT2D eigenvalue weighted by Crippen LogP contribution is -2.32. The van der Waals surface area contributed by atoms with Gasteiger partial charge in [0.15, 0.2) is 5.13 Å². The van der Waals surface area contributed by atoms with E-state index in [-0.39, 0.29) is 5.75 Å². The van der Waals surface area contributed by atoms with Gasteiger partial charge in [0.05, 0.1) is 11.4 Å². The van der Waals surface area contributed by atoms with Crippen LogP contribution in [0.15, 0.2) is 35.8 Å². The maximum Gasteiger partial charge on any atom is 0.234 e. The van der Waals surface area contributed by atoms with E-state index in [1.165, 1.54) is 27.8 Å². The number of hydrogen-bond donors (Lipinski definition) is 2. The number of likely N-dealkylation sites (tertiary alicyclic amines) is 1. The predicted molar refractivity (Wildman–Crippen MR) is 111 cm³/mol. The van der Waals surface area contributed by atoms with E-state index in [1.807, 2.05) is 5.38 Å².